The summed E-state index contributed by atoms with van der Waals surface area (Å²) in [7, 11) is 0. The monoisotopic (exact) mass is 371 g/mol. The zero-order valence-corrected chi connectivity index (χ0v) is 14.8. The van der Waals surface area contributed by atoms with Gasteiger partial charge in [0.05, 0.1) is 0 Å². The van der Waals surface area contributed by atoms with Crippen molar-refractivity contribution in [3.8, 4) is 0 Å². The summed E-state index contributed by atoms with van der Waals surface area (Å²) in [5.74, 6) is -0.0413. The third-order valence-corrected chi connectivity index (χ3v) is 3.90. The third-order valence-electron chi connectivity index (χ3n) is 3.65. The highest BCUT2D eigenvalue weighted by atomic mass is 32.1. The number of thiocarbonyl (C=S) groups is 1. The number of nitrogens with one attached hydrogen (secondary N) is 3. The summed E-state index contributed by atoms with van der Waals surface area (Å²) in [5.41, 5.74) is 6.55. The summed E-state index contributed by atoms with van der Waals surface area (Å²) in [6.07, 6.45) is 1.27. The Balaban J connectivity index is 1.55. The van der Waals surface area contributed by atoms with Gasteiger partial charge in [-0.15, -0.1) is 0 Å². The van der Waals surface area contributed by atoms with Crippen LogP contribution < -0.4 is 21.7 Å². The molecule has 0 unspecified atom stereocenters. The maximum Gasteiger partial charge on any atom is 0.275 e. The van der Waals surface area contributed by atoms with Gasteiger partial charge >= 0.3 is 0 Å². The van der Waals surface area contributed by atoms with Crippen LogP contribution in [0.1, 0.15) is 11.3 Å². The van der Waals surface area contributed by atoms with Crippen molar-refractivity contribution in [2.45, 2.75) is 20.0 Å². The Morgan fingerprint density at radius 1 is 1.23 bits per heavy atom. The van der Waals surface area contributed by atoms with Crippen molar-refractivity contribution < 1.29 is 4.79 Å². The van der Waals surface area contributed by atoms with Crippen LogP contribution in [0, 0.1) is 6.92 Å². The summed E-state index contributed by atoms with van der Waals surface area (Å²) in [5, 5.41) is 7.14. The van der Waals surface area contributed by atoms with Crippen LogP contribution in [-0.4, -0.2) is 30.2 Å². The smallest absolute Gasteiger partial charge is 0.275 e. The van der Waals surface area contributed by atoms with Crippen LogP contribution in [0.15, 0.2) is 47.5 Å². The molecule has 0 radical (unpaired) electrons. The number of amides is 1. The molecule has 2 aromatic heterocycles. The Kier molecular flexibility index (Phi) is 5.23. The van der Waals surface area contributed by atoms with Gasteiger partial charge in [0.2, 0.25) is 5.78 Å². The molecule has 1 aromatic carbocycles. The lowest BCUT2D eigenvalue weighted by atomic mass is 10.2. The van der Waals surface area contributed by atoms with Crippen LogP contribution in [-0.2, 0) is 17.9 Å². The Labute approximate surface area is 154 Å². The summed E-state index contributed by atoms with van der Waals surface area (Å²) in [6.45, 7) is 2.23. The van der Waals surface area contributed by atoms with E-state index in [1.54, 1.807) is 11.5 Å². The van der Waals surface area contributed by atoms with E-state index >= 15 is 0 Å². The summed E-state index contributed by atoms with van der Waals surface area (Å²) in [4.78, 5) is 28.0. The SMILES string of the molecule is Cc1cc(=O)n2ncnc2n1CC(=O)NNC(=S)NCc1ccccc1. The van der Waals surface area contributed by atoms with E-state index < -0.39 is 0 Å². The fourth-order valence-corrected chi connectivity index (χ4v) is 2.50. The van der Waals surface area contributed by atoms with Gasteiger partial charge < -0.3 is 9.88 Å². The van der Waals surface area contributed by atoms with Crippen molar-refractivity contribution in [3.05, 3.63) is 64.3 Å². The molecule has 0 saturated heterocycles. The van der Waals surface area contributed by atoms with E-state index in [1.165, 1.54) is 12.4 Å². The topological polar surface area (TPSA) is 105 Å². The van der Waals surface area contributed by atoms with Crippen LogP contribution in [0.5, 0.6) is 0 Å². The first kappa shape index (κ1) is 17.5. The number of carbonyl (C=O) groups excluding carboxylic acids is 1. The van der Waals surface area contributed by atoms with Gasteiger partial charge in [0.25, 0.3) is 11.5 Å². The largest absolute Gasteiger partial charge is 0.357 e. The minimum atomic E-state index is -0.342. The predicted molar refractivity (Wildman–Crippen MR) is 99.1 cm³/mol. The van der Waals surface area contributed by atoms with Crippen LogP contribution >= 0.6 is 12.2 Å². The maximum absolute atomic E-state index is 12.2. The van der Waals surface area contributed by atoms with Crippen molar-refractivity contribution in [1.82, 2.24) is 35.3 Å². The molecule has 0 aliphatic carbocycles. The number of benzene rings is 1. The minimum Gasteiger partial charge on any atom is -0.357 e. The molecule has 0 spiro atoms. The average Bonchev–Trinajstić information content (AvgIpc) is 3.13. The van der Waals surface area contributed by atoms with Crippen LogP contribution in [0.25, 0.3) is 5.78 Å². The van der Waals surface area contributed by atoms with E-state index in [0.717, 1.165) is 10.1 Å². The lowest BCUT2D eigenvalue weighted by Crippen LogP contribution is -2.47. The zero-order valence-electron chi connectivity index (χ0n) is 14.0. The first-order valence-corrected chi connectivity index (χ1v) is 8.22. The number of fused-ring (bicyclic) bond motifs is 1. The highest BCUT2D eigenvalue weighted by Gasteiger charge is 2.11. The second-order valence-corrected chi connectivity index (χ2v) is 5.93. The molecule has 134 valence electrons. The standard InChI is InChI=1S/C16H17N7O2S/c1-11-7-14(25)23-16(18-10-19-23)22(11)9-13(24)20-21-15(26)17-8-12-5-3-2-4-6-12/h2-7,10H,8-9H2,1H3,(H,20,24)(H2,17,21,26). The average molecular weight is 371 g/mol. The van der Waals surface area contributed by atoms with Gasteiger partial charge in [-0.2, -0.15) is 14.6 Å². The Morgan fingerprint density at radius 3 is 2.77 bits per heavy atom. The van der Waals surface area contributed by atoms with E-state index in [9.17, 15) is 9.59 Å². The van der Waals surface area contributed by atoms with Crippen molar-refractivity contribution >= 4 is 29.0 Å². The molecule has 0 aliphatic rings. The van der Waals surface area contributed by atoms with Crippen molar-refractivity contribution in [3.63, 3.8) is 0 Å². The van der Waals surface area contributed by atoms with Crippen LogP contribution in [0.3, 0.4) is 0 Å². The molecule has 0 atom stereocenters. The number of nitrogens with zero attached hydrogens (tertiary/aromatic N) is 4. The lowest BCUT2D eigenvalue weighted by Gasteiger charge is -2.14. The summed E-state index contributed by atoms with van der Waals surface area (Å²) >= 11 is 5.13. The normalized spacial score (nSPS) is 10.5. The lowest BCUT2D eigenvalue weighted by molar-refractivity contribution is -0.122. The van der Waals surface area contributed by atoms with Crippen LogP contribution in [0.4, 0.5) is 0 Å². The molecule has 9 nitrogen and oxygen atoms in total. The first-order valence-electron chi connectivity index (χ1n) is 7.81. The molecule has 0 fully saturated rings. The molecule has 0 saturated carbocycles. The number of hydrogen-bond acceptors (Lipinski definition) is 5. The fourth-order valence-electron chi connectivity index (χ4n) is 2.38. The molecule has 2 heterocycles. The maximum atomic E-state index is 12.2. The van der Waals surface area contributed by atoms with Gasteiger partial charge in [-0.3, -0.25) is 20.4 Å². The van der Waals surface area contributed by atoms with Gasteiger partial charge in [-0.05, 0) is 24.7 Å². The molecule has 3 N–H and O–H groups in total. The number of aryl methyl sites for hydroxylation is 1. The molecule has 3 aromatic rings. The molecule has 3 rings (SSSR count). The molecule has 1 amide bonds. The number of aromatic nitrogens is 4. The summed E-state index contributed by atoms with van der Waals surface area (Å²) in [6, 6.07) is 11.1. The molecule has 26 heavy (non-hydrogen) atoms. The molecule has 0 aliphatic heterocycles. The van der Waals surface area contributed by atoms with E-state index in [4.69, 9.17) is 12.2 Å². The van der Waals surface area contributed by atoms with Crippen molar-refractivity contribution in [2.75, 3.05) is 0 Å². The minimum absolute atomic E-state index is 0.0391. The van der Waals surface area contributed by atoms with E-state index in [-0.39, 0.29) is 18.0 Å². The fraction of sp³-hybridized carbons (Fsp3) is 0.188. The predicted octanol–water partition coefficient (Wildman–Crippen LogP) is -0.105. The van der Waals surface area contributed by atoms with Gasteiger partial charge in [-0.1, -0.05) is 30.3 Å². The number of hydrazine groups is 1. The van der Waals surface area contributed by atoms with Gasteiger partial charge in [0.15, 0.2) is 5.11 Å². The van der Waals surface area contributed by atoms with Crippen molar-refractivity contribution in [2.24, 2.45) is 0 Å². The Morgan fingerprint density at radius 2 is 2.00 bits per heavy atom. The molecular weight excluding hydrogens is 354 g/mol. The summed E-state index contributed by atoms with van der Waals surface area (Å²) < 4.78 is 2.73. The molecule has 0 bridgehead atoms. The molecule has 10 heteroatoms. The number of carbonyl (C=O) groups is 1. The van der Waals surface area contributed by atoms with Crippen LogP contribution in [0.2, 0.25) is 0 Å². The second kappa shape index (κ2) is 7.74. The third kappa shape index (κ3) is 4.03. The number of rotatable bonds is 4. The van der Waals surface area contributed by atoms with Gasteiger partial charge in [0.1, 0.15) is 12.9 Å². The quantitative estimate of drug-likeness (QED) is 0.434. The zero-order chi connectivity index (χ0) is 18.5. The van der Waals surface area contributed by atoms with Gasteiger partial charge in [-0.25, -0.2) is 0 Å². The Bertz CT molecular complexity index is 997. The second-order valence-electron chi connectivity index (χ2n) is 5.52. The molecular formula is C16H17N7O2S. The van der Waals surface area contributed by atoms with Crippen molar-refractivity contribution in [1.29, 1.82) is 0 Å². The number of hydrogen-bond donors (Lipinski definition) is 3. The van der Waals surface area contributed by atoms with E-state index in [2.05, 4.69) is 26.3 Å². The van der Waals surface area contributed by atoms with E-state index in [0.29, 0.717) is 23.1 Å². The van der Waals surface area contributed by atoms with Gasteiger partial charge in [0, 0.05) is 18.3 Å². The highest BCUT2D eigenvalue weighted by molar-refractivity contribution is 7.80. The Hall–Kier alpha value is -3.27. The van der Waals surface area contributed by atoms with E-state index in [1.807, 2.05) is 30.3 Å². The first-order chi connectivity index (χ1) is 12.5. The highest BCUT2D eigenvalue weighted by Crippen LogP contribution is 2.01.